The molecular weight excluding hydrogens is 294 g/mol. The second-order valence-electron chi connectivity index (χ2n) is 5.60. The molecule has 0 fully saturated rings. The molecule has 0 spiro atoms. The number of nitrogens with one attached hydrogen (secondary N) is 1. The van der Waals surface area contributed by atoms with Crippen LogP contribution >= 0.6 is 0 Å². The van der Waals surface area contributed by atoms with E-state index in [0.717, 1.165) is 48.1 Å². The van der Waals surface area contributed by atoms with E-state index in [1.54, 1.807) is 11.8 Å². The molecule has 0 atom stereocenters. The van der Waals surface area contributed by atoms with Gasteiger partial charge in [0.25, 0.3) is 0 Å². The van der Waals surface area contributed by atoms with E-state index < -0.39 is 0 Å². The molecule has 0 saturated heterocycles. The van der Waals surface area contributed by atoms with Crippen molar-refractivity contribution < 1.29 is 14.2 Å². The van der Waals surface area contributed by atoms with Crippen LogP contribution in [0.4, 0.5) is 0 Å². The number of hydrogen-bond acceptors (Lipinski definition) is 5. The zero-order chi connectivity index (χ0) is 16.2. The van der Waals surface area contributed by atoms with E-state index >= 15 is 0 Å². The van der Waals surface area contributed by atoms with Gasteiger partial charge in [-0.3, -0.25) is 0 Å². The van der Waals surface area contributed by atoms with Crippen molar-refractivity contribution in [2.75, 3.05) is 26.9 Å². The fraction of sp³-hybridized carbons (Fsp3) is 0.471. The van der Waals surface area contributed by atoms with Crippen LogP contribution in [0.15, 0.2) is 18.2 Å². The molecule has 1 N–H and O–H groups in total. The van der Waals surface area contributed by atoms with E-state index in [0.29, 0.717) is 13.2 Å². The Balaban J connectivity index is 1.54. The van der Waals surface area contributed by atoms with Gasteiger partial charge in [0.1, 0.15) is 13.2 Å². The van der Waals surface area contributed by atoms with Gasteiger partial charge in [0.05, 0.1) is 18.4 Å². The maximum Gasteiger partial charge on any atom is 0.216 e. The molecule has 3 rings (SSSR count). The molecule has 6 nitrogen and oxygen atoms in total. The monoisotopic (exact) mass is 317 g/mol. The standard InChI is InChI=1S/C17H23N3O3/c1-12-14(17(21-3)20(2)19-12)11-18-7-6-13-4-5-15-16(10-13)23-9-8-22-15/h4-5,10,18H,6-9,11H2,1-3H3. The minimum atomic E-state index is 0.620. The van der Waals surface area contributed by atoms with E-state index in [9.17, 15) is 0 Å². The summed E-state index contributed by atoms with van der Waals surface area (Å²) in [5.74, 6) is 2.50. The lowest BCUT2D eigenvalue weighted by Crippen LogP contribution is -2.18. The molecule has 0 amide bonds. The highest BCUT2D eigenvalue weighted by molar-refractivity contribution is 5.43. The van der Waals surface area contributed by atoms with E-state index in [4.69, 9.17) is 14.2 Å². The van der Waals surface area contributed by atoms with E-state index in [1.807, 2.05) is 20.0 Å². The van der Waals surface area contributed by atoms with Crippen molar-refractivity contribution >= 4 is 0 Å². The maximum atomic E-state index is 5.62. The number of methoxy groups -OCH3 is 1. The number of rotatable bonds is 6. The average Bonchev–Trinajstić information content (AvgIpc) is 2.84. The molecule has 0 saturated carbocycles. The Morgan fingerprint density at radius 1 is 1.26 bits per heavy atom. The first-order chi connectivity index (χ1) is 11.2. The number of benzene rings is 1. The third-order valence-corrected chi connectivity index (χ3v) is 3.98. The summed E-state index contributed by atoms with van der Waals surface area (Å²) >= 11 is 0. The van der Waals surface area contributed by atoms with Gasteiger partial charge < -0.3 is 19.5 Å². The number of aromatic nitrogens is 2. The Kier molecular flexibility index (Phi) is 4.71. The Morgan fingerprint density at radius 2 is 2.04 bits per heavy atom. The summed E-state index contributed by atoms with van der Waals surface area (Å²) in [6.07, 6.45) is 0.929. The molecule has 23 heavy (non-hydrogen) atoms. The van der Waals surface area contributed by atoms with Crippen molar-refractivity contribution in [2.45, 2.75) is 19.9 Å². The normalized spacial score (nSPS) is 13.2. The highest BCUT2D eigenvalue weighted by Crippen LogP contribution is 2.30. The molecule has 0 aliphatic carbocycles. The molecule has 124 valence electrons. The smallest absolute Gasteiger partial charge is 0.216 e. The van der Waals surface area contributed by atoms with E-state index in [2.05, 4.69) is 22.5 Å². The minimum absolute atomic E-state index is 0.620. The van der Waals surface area contributed by atoms with Gasteiger partial charge >= 0.3 is 0 Å². The molecule has 1 aliphatic heterocycles. The summed E-state index contributed by atoms with van der Waals surface area (Å²) in [5.41, 5.74) is 3.34. The third-order valence-electron chi connectivity index (χ3n) is 3.98. The Hall–Kier alpha value is -2.21. The Bertz CT molecular complexity index is 682. The average molecular weight is 317 g/mol. The van der Waals surface area contributed by atoms with Crippen LogP contribution in [0, 0.1) is 6.92 Å². The molecule has 6 heteroatoms. The molecule has 0 radical (unpaired) electrons. The van der Waals surface area contributed by atoms with Crippen molar-refractivity contribution in [2.24, 2.45) is 7.05 Å². The summed E-state index contributed by atoms with van der Waals surface area (Å²) in [7, 11) is 3.57. The summed E-state index contributed by atoms with van der Waals surface area (Å²) in [5, 5.41) is 7.84. The second-order valence-corrected chi connectivity index (χ2v) is 5.60. The summed E-state index contributed by atoms with van der Waals surface area (Å²) in [6, 6.07) is 6.13. The Morgan fingerprint density at radius 3 is 2.83 bits per heavy atom. The van der Waals surface area contributed by atoms with Crippen LogP contribution in [0.2, 0.25) is 0 Å². The number of ether oxygens (including phenoxy) is 3. The first kappa shape index (κ1) is 15.7. The van der Waals surface area contributed by atoms with Gasteiger partial charge in [0.2, 0.25) is 5.88 Å². The van der Waals surface area contributed by atoms with Gasteiger partial charge in [-0.15, -0.1) is 0 Å². The molecule has 0 unspecified atom stereocenters. The molecule has 1 aromatic carbocycles. The fourth-order valence-electron chi connectivity index (χ4n) is 2.83. The van der Waals surface area contributed by atoms with Gasteiger partial charge in [-0.1, -0.05) is 6.07 Å². The molecule has 1 aliphatic rings. The van der Waals surface area contributed by atoms with Gasteiger partial charge in [0.15, 0.2) is 11.5 Å². The second kappa shape index (κ2) is 6.91. The quantitative estimate of drug-likeness (QED) is 0.824. The highest BCUT2D eigenvalue weighted by atomic mass is 16.6. The van der Waals surface area contributed by atoms with Crippen LogP contribution in [0.5, 0.6) is 17.4 Å². The number of nitrogens with zero attached hydrogens (tertiary/aromatic N) is 2. The van der Waals surface area contributed by atoms with Crippen molar-refractivity contribution in [3.05, 3.63) is 35.0 Å². The largest absolute Gasteiger partial charge is 0.486 e. The minimum Gasteiger partial charge on any atom is -0.486 e. The predicted octanol–water partition coefficient (Wildman–Crippen LogP) is 1.84. The lowest BCUT2D eigenvalue weighted by Gasteiger charge is -2.18. The van der Waals surface area contributed by atoms with Gasteiger partial charge in [-0.2, -0.15) is 5.10 Å². The lowest BCUT2D eigenvalue weighted by atomic mass is 10.1. The van der Waals surface area contributed by atoms with Gasteiger partial charge in [-0.25, -0.2) is 4.68 Å². The predicted molar refractivity (Wildman–Crippen MR) is 87.3 cm³/mol. The molecular formula is C17H23N3O3. The summed E-state index contributed by atoms with van der Waals surface area (Å²) in [4.78, 5) is 0. The number of fused-ring (bicyclic) bond motifs is 1. The molecule has 1 aromatic heterocycles. The summed E-state index contributed by atoms with van der Waals surface area (Å²) < 4.78 is 18.3. The first-order valence-electron chi connectivity index (χ1n) is 7.84. The maximum absolute atomic E-state index is 5.62. The van der Waals surface area contributed by atoms with Crippen LogP contribution in [0.3, 0.4) is 0 Å². The SMILES string of the molecule is COc1c(CNCCc2ccc3c(c2)OCCO3)c(C)nn1C. The number of aryl methyl sites for hydroxylation is 2. The summed E-state index contributed by atoms with van der Waals surface area (Å²) in [6.45, 7) is 4.86. The third kappa shape index (κ3) is 3.42. The zero-order valence-corrected chi connectivity index (χ0v) is 13.9. The van der Waals surface area contributed by atoms with Crippen LogP contribution in [-0.4, -0.2) is 36.6 Å². The van der Waals surface area contributed by atoms with E-state index in [1.165, 1.54) is 5.56 Å². The van der Waals surface area contributed by atoms with Crippen molar-refractivity contribution in [3.63, 3.8) is 0 Å². The van der Waals surface area contributed by atoms with Crippen molar-refractivity contribution in [1.82, 2.24) is 15.1 Å². The highest BCUT2D eigenvalue weighted by Gasteiger charge is 2.14. The first-order valence-corrected chi connectivity index (χ1v) is 7.84. The fourth-order valence-corrected chi connectivity index (χ4v) is 2.83. The zero-order valence-electron chi connectivity index (χ0n) is 13.9. The van der Waals surface area contributed by atoms with Crippen LogP contribution in [0.25, 0.3) is 0 Å². The molecule has 2 heterocycles. The topological polar surface area (TPSA) is 57.5 Å². The Labute approximate surface area is 136 Å². The van der Waals surface area contributed by atoms with Crippen molar-refractivity contribution in [3.8, 4) is 17.4 Å². The van der Waals surface area contributed by atoms with Crippen molar-refractivity contribution in [1.29, 1.82) is 0 Å². The van der Waals surface area contributed by atoms with E-state index in [-0.39, 0.29) is 0 Å². The number of hydrogen-bond donors (Lipinski definition) is 1. The molecule has 0 bridgehead atoms. The van der Waals surface area contributed by atoms with Crippen LogP contribution < -0.4 is 19.5 Å². The lowest BCUT2D eigenvalue weighted by molar-refractivity contribution is 0.171. The van der Waals surface area contributed by atoms with Crippen LogP contribution in [-0.2, 0) is 20.0 Å². The van der Waals surface area contributed by atoms with Gasteiger partial charge in [0, 0.05) is 13.6 Å². The molecule has 2 aromatic rings. The van der Waals surface area contributed by atoms with Crippen LogP contribution in [0.1, 0.15) is 16.8 Å². The van der Waals surface area contributed by atoms with Gasteiger partial charge in [-0.05, 0) is 37.6 Å².